The molecular formula is C14H19N5OS. The maximum absolute atomic E-state index is 11.8. The minimum Gasteiger partial charge on any atom is -0.368 e. The van der Waals surface area contributed by atoms with Gasteiger partial charge in [-0.05, 0) is 32.3 Å². The van der Waals surface area contributed by atoms with Crippen LogP contribution < -0.4 is 16.0 Å². The average molecular weight is 305 g/mol. The summed E-state index contributed by atoms with van der Waals surface area (Å²) < 4.78 is 0. The zero-order valence-electron chi connectivity index (χ0n) is 12.2. The number of piperidine rings is 1. The number of nitrogens with zero attached hydrogens (tertiary/aromatic N) is 3. The molecule has 2 aromatic heterocycles. The van der Waals surface area contributed by atoms with Gasteiger partial charge in [0.25, 0.3) is 0 Å². The van der Waals surface area contributed by atoms with Gasteiger partial charge in [0.2, 0.25) is 11.9 Å². The summed E-state index contributed by atoms with van der Waals surface area (Å²) in [6.45, 7) is 2.86. The third-order valence-corrected chi connectivity index (χ3v) is 4.77. The van der Waals surface area contributed by atoms with Gasteiger partial charge in [0, 0.05) is 18.5 Å². The molecule has 1 unspecified atom stereocenters. The first kappa shape index (κ1) is 14.1. The van der Waals surface area contributed by atoms with Crippen molar-refractivity contribution in [3.8, 4) is 0 Å². The molecule has 1 amide bonds. The Balaban J connectivity index is 2.14. The van der Waals surface area contributed by atoms with Crippen LogP contribution in [0, 0.1) is 6.92 Å². The van der Waals surface area contributed by atoms with Crippen LogP contribution >= 0.6 is 11.3 Å². The molecule has 6 nitrogen and oxygen atoms in total. The third kappa shape index (κ3) is 2.53. The van der Waals surface area contributed by atoms with Crippen molar-refractivity contribution in [3.05, 3.63) is 10.9 Å². The minimum atomic E-state index is -0.278. The van der Waals surface area contributed by atoms with E-state index in [1.54, 1.807) is 18.4 Å². The molecule has 0 aromatic carbocycles. The smallest absolute Gasteiger partial charge is 0.240 e. The number of nitrogens with two attached hydrogens (primary N) is 1. The summed E-state index contributed by atoms with van der Waals surface area (Å²) in [6, 6.07) is 1.81. The van der Waals surface area contributed by atoms with E-state index in [4.69, 9.17) is 5.73 Å². The topological polar surface area (TPSA) is 84.1 Å². The molecule has 0 saturated carbocycles. The molecule has 2 aromatic rings. The summed E-state index contributed by atoms with van der Waals surface area (Å²) >= 11 is 1.64. The number of carbonyl (C=O) groups is 1. The number of fused-ring (bicyclic) bond motifs is 1. The number of aromatic nitrogens is 2. The van der Waals surface area contributed by atoms with Crippen molar-refractivity contribution in [3.63, 3.8) is 0 Å². The van der Waals surface area contributed by atoms with Gasteiger partial charge in [-0.2, -0.15) is 4.98 Å². The van der Waals surface area contributed by atoms with E-state index < -0.39 is 0 Å². The van der Waals surface area contributed by atoms with Crippen molar-refractivity contribution in [1.29, 1.82) is 0 Å². The van der Waals surface area contributed by atoms with Crippen LogP contribution in [0.15, 0.2) is 6.07 Å². The van der Waals surface area contributed by atoms with Crippen molar-refractivity contribution in [2.75, 3.05) is 23.8 Å². The maximum Gasteiger partial charge on any atom is 0.240 e. The highest BCUT2D eigenvalue weighted by atomic mass is 32.1. The molecule has 21 heavy (non-hydrogen) atoms. The van der Waals surface area contributed by atoms with Crippen molar-refractivity contribution < 1.29 is 4.79 Å². The van der Waals surface area contributed by atoms with Crippen LogP contribution in [0.3, 0.4) is 0 Å². The zero-order valence-corrected chi connectivity index (χ0v) is 13.0. The lowest BCUT2D eigenvalue weighted by Crippen LogP contribution is -2.48. The van der Waals surface area contributed by atoms with Crippen molar-refractivity contribution in [2.45, 2.75) is 32.2 Å². The Morgan fingerprint density at radius 1 is 1.48 bits per heavy atom. The summed E-state index contributed by atoms with van der Waals surface area (Å²) in [5, 5.41) is 4.00. The van der Waals surface area contributed by atoms with Gasteiger partial charge in [0.05, 0.1) is 5.39 Å². The average Bonchev–Trinajstić information content (AvgIpc) is 2.86. The third-order valence-electron chi connectivity index (χ3n) is 3.82. The van der Waals surface area contributed by atoms with Crippen LogP contribution in [-0.2, 0) is 4.79 Å². The quantitative estimate of drug-likeness (QED) is 0.904. The van der Waals surface area contributed by atoms with Gasteiger partial charge < -0.3 is 16.0 Å². The van der Waals surface area contributed by atoms with Gasteiger partial charge in [0.1, 0.15) is 16.7 Å². The minimum absolute atomic E-state index is 0.276. The van der Waals surface area contributed by atoms with Crippen molar-refractivity contribution >= 4 is 39.2 Å². The first-order valence-corrected chi connectivity index (χ1v) is 7.93. The molecule has 3 N–H and O–H groups in total. The number of primary amides is 1. The standard InChI is InChI=1S/C14H19N5OS/c1-8-7-9-12(17-14(16-2)18-13(9)21-8)19-6-4-3-5-10(19)11(15)20/h7,10H,3-6H2,1-2H3,(H2,15,20)(H,16,17,18). The summed E-state index contributed by atoms with van der Waals surface area (Å²) in [6.07, 6.45) is 2.87. The van der Waals surface area contributed by atoms with Crippen LogP contribution in [0.4, 0.5) is 11.8 Å². The Bertz CT molecular complexity index is 683. The van der Waals surface area contributed by atoms with E-state index in [1.807, 2.05) is 4.90 Å². The number of nitrogens with one attached hydrogen (secondary N) is 1. The fraction of sp³-hybridized carbons (Fsp3) is 0.500. The van der Waals surface area contributed by atoms with Gasteiger partial charge in [-0.25, -0.2) is 4.98 Å². The number of aryl methyl sites for hydroxylation is 1. The second kappa shape index (κ2) is 5.48. The number of carbonyl (C=O) groups excluding carboxylic acids is 1. The highest BCUT2D eigenvalue weighted by molar-refractivity contribution is 7.18. The van der Waals surface area contributed by atoms with Crippen molar-refractivity contribution in [2.24, 2.45) is 5.73 Å². The molecule has 1 aliphatic rings. The molecule has 0 spiro atoms. The molecule has 0 bridgehead atoms. The highest BCUT2D eigenvalue weighted by Crippen LogP contribution is 2.34. The first-order valence-electron chi connectivity index (χ1n) is 7.12. The molecule has 1 atom stereocenters. The molecule has 1 saturated heterocycles. The molecule has 0 aliphatic carbocycles. The van der Waals surface area contributed by atoms with Crippen LogP contribution in [0.2, 0.25) is 0 Å². The second-order valence-corrected chi connectivity index (χ2v) is 6.54. The molecule has 0 radical (unpaired) electrons. The molecule has 3 rings (SSSR count). The van der Waals surface area contributed by atoms with E-state index in [1.165, 1.54) is 4.88 Å². The Kier molecular flexibility index (Phi) is 3.67. The van der Waals surface area contributed by atoms with Gasteiger partial charge in [0.15, 0.2) is 0 Å². The lowest BCUT2D eigenvalue weighted by Gasteiger charge is -2.35. The van der Waals surface area contributed by atoms with E-state index in [9.17, 15) is 4.79 Å². The fourth-order valence-electron chi connectivity index (χ4n) is 2.84. The Hall–Kier alpha value is -1.89. The normalized spacial score (nSPS) is 19.0. The molecular weight excluding hydrogens is 286 g/mol. The molecule has 1 fully saturated rings. The van der Waals surface area contributed by atoms with Crippen LogP contribution in [0.5, 0.6) is 0 Å². The Labute approximate surface area is 127 Å². The Morgan fingerprint density at radius 3 is 3.00 bits per heavy atom. The Morgan fingerprint density at radius 2 is 2.29 bits per heavy atom. The van der Waals surface area contributed by atoms with E-state index in [0.717, 1.165) is 41.8 Å². The van der Waals surface area contributed by atoms with Gasteiger partial charge in [-0.15, -0.1) is 11.3 Å². The molecule has 3 heterocycles. The predicted octanol–water partition coefficient (Wildman–Crippen LogP) is 1.89. The van der Waals surface area contributed by atoms with Gasteiger partial charge in [-0.3, -0.25) is 4.79 Å². The molecule has 1 aliphatic heterocycles. The molecule has 112 valence electrons. The monoisotopic (exact) mass is 305 g/mol. The summed E-state index contributed by atoms with van der Waals surface area (Å²) in [4.78, 5) is 25.0. The number of hydrogen-bond donors (Lipinski definition) is 2. The predicted molar refractivity (Wildman–Crippen MR) is 85.9 cm³/mol. The van der Waals surface area contributed by atoms with Gasteiger partial charge >= 0.3 is 0 Å². The van der Waals surface area contributed by atoms with Crippen molar-refractivity contribution in [1.82, 2.24) is 9.97 Å². The molecule has 7 heteroatoms. The van der Waals surface area contributed by atoms with E-state index >= 15 is 0 Å². The van der Waals surface area contributed by atoms with Gasteiger partial charge in [-0.1, -0.05) is 0 Å². The number of amides is 1. The fourth-order valence-corrected chi connectivity index (χ4v) is 3.71. The van der Waals surface area contributed by atoms with Crippen LogP contribution in [0.25, 0.3) is 10.2 Å². The highest BCUT2D eigenvalue weighted by Gasteiger charge is 2.30. The number of hydrogen-bond acceptors (Lipinski definition) is 6. The van der Waals surface area contributed by atoms with Crippen LogP contribution in [0.1, 0.15) is 24.1 Å². The second-order valence-electron chi connectivity index (χ2n) is 5.30. The lowest BCUT2D eigenvalue weighted by molar-refractivity contribution is -0.119. The van der Waals surface area contributed by atoms with E-state index in [2.05, 4.69) is 28.3 Å². The number of thiophene rings is 1. The lowest BCUT2D eigenvalue weighted by atomic mass is 10.0. The summed E-state index contributed by atoms with van der Waals surface area (Å²) in [5.41, 5.74) is 5.58. The zero-order chi connectivity index (χ0) is 15.0. The summed E-state index contributed by atoms with van der Waals surface area (Å²) in [7, 11) is 1.80. The maximum atomic E-state index is 11.8. The SMILES string of the molecule is CNc1nc(N2CCCCC2C(N)=O)c2cc(C)sc2n1. The largest absolute Gasteiger partial charge is 0.368 e. The van der Waals surface area contributed by atoms with Crippen LogP contribution in [-0.4, -0.2) is 35.5 Å². The number of anilines is 2. The summed E-state index contributed by atoms with van der Waals surface area (Å²) in [5.74, 6) is 1.12. The first-order chi connectivity index (χ1) is 10.1. The van der Waals surface area contributed by atoms with E-state index in [0.29, 0.717) is 5.95 Å². The number of rotatable bonds is 3. The van der Waals surface area contributed by atoms with E-state index in [-0.39, 0.29) is 11.9 Å².